The van der Waals surface area contributed by atoms with E-state index in [4.69, 9.17) is 11.7 Å². The van der Waals surface area contributed by atoms with Gasteiger partial charge >= 0.3 is 5.69 Å². The molecule has 1 aliphatic heterocycles. The first kappa shape index (κ1) is 23.3. The van der Waals surface area contributed by atoms with Crippen molar-refractivity contribution in [3.63, 3.8) is 0 Å². The molecule has 1 aliphatic rings. The van der Waals surface area contributed by atoms with Crippen molar-refractivity contribution in [1.29, 1.82) is 0 Å². The van der Waals surface area contributed by atoms with Crippen molar-refractivity contribution in [2.45, 2.75) is 37.9 Å². The van der Waals surface area contributed by atoms with E-state index in [9.17, 15) is 4.79 Å². The second-order valence-corrected chi connectivity index (χ2v) is 9.80. The first-order chi connectivity index (χ1) is 17.1. The fourth-order valence-electron chi connectivity index (χ4n) is 5.16. The number of hydrazone groups is 1. The van der Waals surface area contributed by atoms with Gasteiger partial charge in [-0.2, -0.15) is 16.4 Å². The molecule has 1 saturated heterocycles. The second-order valence-electron chi connectivity index (χ2n) is 9.02. The van der Waals surface area contributed by atoms with Gasteiger partial charge in [-0.15, -0.1) is 0 Å². The van der Waals surface area contributed by atoms with Gasteiger partial charge in [0, 0.05) is 19.1 Å². The van der Waals surface area contributed by atoms with Crippen LogP contribution in [0.2, 0.25) is 0 Å². The molecule has 0 unspecified atom stereocenters. The number of thiophene rings is 1. The second kappa shape index (κ2) is 10.1. The maximum Gasteiger partial charge on any atom is 0.326 e. The number of benzene rings is 2. The number of nitrogens with two attached hydrogens (primary N) is 2. The van der Waals surface area contributed by atoms with Crippen LogP contribution in [0.5, 0.6) is 0 Å². The lowest BCUT2D eigenvalue weighted by atomic mass is 9.98. The molecule has 9 heteroatoms. The third kappa shape index (κ3) is 4.50. The van der Waals surface area contributed by atoms with Crippen molar-refractivity contribution in [3.05, 3.63) is 93.0 Å². The van der Waals surface area contributed by atoms with Crippen molar-refractivity contribution in [2.24, 2.45) is 16.8 Å². The van der Waals surface area contributed by atoms with Gasteiger partial charge in [-0.25, -0.2) is 10.6 Å². The minimum absolute atomic E-state index is 0.0481. The Morgan fingerprint density at radius 3 is 2.49 bits per heavy atom. The molecule has 5 N–H and O–H groups in total. The lowest BCUT2D eigenvalue weighted by Gasteiger charge is -2.40. The lowest BCUT2D eigenvalue weighted by molar-refractivity contribution is 0.154. The molecular weight excluding hydrogens is 458 g/mol. The number of amidine groups is 1. The highest BCUT2D eigenvalue weighted by Gasteiger charge is 2.34. The highest BCUT2D eigenvalue weighted by Crippen LogP contribution is 2.33. The molecule has 0 bridgehead atoms. The Labute approximate surface area is 208 Å². The van der Waals surface area contributed by atoms with Crippen LogP contribution in [0.1, 0.15) is 49.0 Å². The molecule has 0 saturated carbocycles. The maximum absolute atomic E-state index is 12.7. The van der Waals surface area contributed by atoms with Crippen molar-refractivity contribution in [2.75, 3.05) is 13.1 Å². The van der Waals surface area contributed by atoms with Crippen LogP contribution in [0.3, 0.4) is 0 Å². The fraction of sp³-hybridized carbons (Fsp3) is 0.308. The van der Waals surface area contributed by atoms with Crippen molar-refractivity contribution in [1.82, 2.24) is 19.5 Å². The molecule has 1 fully saturated rings. The number of imidazole rings is 1. The minimum atomic E-state index is -0.164. The molecule has 0 radical (unpaired) electrons. The van der Waals surface area contributed by atoms with Gasteiger partial charge in [-0.3, -0.25) is 14.5 Å². The minimum Gasteiger partial charge on any atom is -0.321 e. The van der Waals surface area contributed by atoms with E-state index in [1.807, 2.05) is 47.0 Å². The summed E-state index contributed by atoms with van der Waals surface area (Å²) in [5.41, 5.74) is 4.00. The molecule has 0 amide bonds. The zero-order valence-electron chi connectivity index (χ0n) is 19.7. The van der Waals surface area contributed by atoms with Crippen LogP contribution in [-0.2, 0) is 0 Å². The lowest BCUT2D eigenvalue weighted by Crippen LogP contribution is -2.50. The van der Waals surface area contributed by atoms with Gasteiger partial charge in [-0.1, -0.05) is 42.5 Å². The van der Waals surface area contributed by atoms with Gasteiger partial charge in [0.05, 0.1) is 23.1 Å². The summed E-state index contributed by atoms with van der Waals surface area (Å²) in [5.74, 6) is 13.3. The molecule has 2 aromatic heterocycles. The summed E-state index contributed by atoms with van der Waals surface area (Å²) in [5, 5.41) is 10.1. The van der Waals surface area contributed by atoms with Crippen molar-refractivity contribution < 1.29 is 0 Å². The number of hydrogen-bond acceptors (Lipinski definition) is 6. The number of aromatic nitrogens is 2. The molecule has 8 nitrogen and oxygen atoms in total. The van der Waals surface area contributed by atoms with Crippen molar-refractivity contribution in [3.8, 4) is 0 Å². The third-order valence-corrected chi connectivity index (χ3v) is 7.75. The summed E-state index contributed by atoms with van der Waals surface area (Å²) in [6, 6.07) is 20.0. The zero-order valence-corrected chi connectivity index (χ0v) is 20.6. The first-order valence-corrected chi connectivity index (χ1v) is 12.8. The number of likely N-dealkylation sites (tertiary alicyclic amines) is 1. The Bertz CT molecular complexity index is 1340. The molecule has 3 heterocycles. The summed E-state index contributed by atoms with van der Waals surface area (Å²) < 4.78 is 1.91. The van der Waals surface area contributed by atoms with Crippen LogP contribution in [0.15, 0.2) is 81.3 Å². The van der Waals surface area contributed by atoms with Gasteiger partial charge < -0.3 is 10.8 Å². The highest BCUT2D eigenvalue weighted by molar-refractivity contribution is 7.08. The predicted octanol–water partition coefficient (Wildman–Crippen LogP) is 3.98. The standard InChI is InChI=1S/C26H31N7OS/c1-18(19-7-3-2-4-8-19)33(28)25(30-27)24(20-13-16-35-17-20)31-14-11-21(12-15-31)32-23-10-6-5-9-22(23)29-26(32)34/h2-10,13,16-18,21,24H,11-12,14-15,27-28H2,1H3,(H,29,34)/b30-25-/t18-,24-/m0/s1. The largest absolute Gasteiger partial charge is 0.326 e. The average Bonchev–Trinajstić information content (AvgIpc) is 3.54. The quantitative estimate of drug-likeness (QED) is 0.164. The number of hydrogen-bond donors (Lipinski definition) is 3. The number of aromatic amines is 1. The van der Waals surface area contributed by atoms with Gasteiger partial charge in [0.2, 0.25) is 0 Å². The maximum atomic E-state index is 12.7. The number of nitrogens with zero attached hydrogens (tertiary/aromatic N) is 4. The molecule has 35 heavy (non-hydrogen) atoms. The van der Waals surface area contributed by atoms with E-state index in [-0.39, 0.29) is 23.8 Å². The molecule has 2 aromatic carbocycles. The van der Waals surface area contributed by atoms with Gasteiger partial charge in [-0.05, 0) is 59.9 Å². The SMILES string of the molecule is C[C@@H](c1ccccc1)N(N)/C(=N\N)[C@H](c1ccsc1)N1CCC(n2c(=O)[nH]c3ccccc32)CC1. The molecule has 0 aliphatic carbocycles. The number of nitrogens with one attached hydrogen (secondary N) is 1. The van der Waals surface area contributed by atoms with E-state index in [0.29, 0.717) is 5.84 Å². The molecule has 4 aromatic rings. The first-order valence-electron chi connectivity index (χ1n) is 11.9. The monoisotopic (exact) mass is 489 g/mol. The van der Waals surface area contributed by atoms with Crippen LogP contribution in [0.4, 0.5) is 0 Å². The summed E-state index contributed by atoms with van der Waals surface area (Å²) in [6.45, 7) is 3.65. The Morgan fingerprint density at radius 1 is 1.09 bits per heavy atom. The highest BCUT2D eigenvalue weighted by atomic mass is 32.1. The van der Waals surface area contributed by atoms with E-state index < -0.39 is 0 Å². The normalized spacial score (nSPS) is 17.5. The van der Waals surface area contributed by atoms with E-state index in [0.717, 1.165) is 48.1 Å². The van der Waals surface area contributed by atoms with Crippen LogP contribution in [0.25, 0.3) is 11.0 Å². The molecule has 2 atom stereocenters. The number of rotatable bonds is 6. The van der Waals surface area contributed by atoms with Gasteiger partial charge in [0.25, 0.3) is 0 Å². The number of H-pyrrole nitrogens is 1. The molecule has 0 spiro atoms. The summed E-state index contributed by atoms with van der Waals surface area (Å²) in [6.07, 6.45) is 1.69. The zero-order chi connectivity index (χ0) is 24.4. The smallest absolute Gasteiger partial charge is 0.321 e. The van der Waals surface area contributed by atoms with Crippen LogP contribution >= 0.6 is 11.3 Å². The summed E-state index contributed by atoms with van der Waals surface area (Å²) >= 11 is 1.65. The molecule has 5 rings (SSSR count). The third-order valence-electron chi connectivity index (χ3n) is 7.05. The van der Waals surface area contributed by atoms with E-state index in [1.165, 1.54) is 0 Å². The predicted molar refractivity (Wildman–Crippen MR) is 142 cm³/mol. The fourth-order valence-corrected chi connectivity index (χ4v) is 5.84. The summed E-state index contributed by atoms with van der Waals surface area (Å²) in [7, 11) is 0. The summed E-state index contributed by atoms with van der Waals surface area (Å²) in [4.78, 5) is 18.1. The Kier molecular flexibility index (Phi) is 6.72. The van der Waals surface area contributed by atoms with E-state index in [2.05, 4.69) is 50.9 Å². The number of piperidine rings is 1. The number of para-hydroxylation sites is 2. The topological polar surface area (TPSA) is 109 Å². The van der Waals surface area contributed by atoms with E-state index >= 15 is 0 Å². The number of fused-ring (bicyclic) bond motifs is 1. The Hall–Kier alpha value is -3.40. The van der Waals surface area contributed by atoms with E-state index in [1.54, 1.807) is 16.3 Å². The Balaban J connectivity index is 1.40. The van der Waals surface area contributed by atoms with Crippen molar-refractivity contribution >= 4 is 28.2 Å². The van der Waals surface area contributed by atoms with Crippen LogP contribution in [-0.4, -0.2) is 38.4 Å². The Morgan fingerprint density at radius 2 is 1.80 bits per heavy atom. The van der Waals surface area contributed by atoms with Gasteiger partial charge in [0.15, 0.2) is 5.84 Å². The van der Waals surface area contributed by atoms with Crippen LogP contribution in [0, 0.1) is 0 Å². The molecule has 182 valence electrons. The number of hydrazine groups is 1. The van der Waals surface area contributed by atoms with Crippen LogP contribution < -0.4 is 17.4 Å². The molecular formula is C26H31N7OS. The van der Waals surface area contributed by atoms with Gasteiger partial charge in [0.1, 0.15) is 0 Å². The average molecular weight is 490 g/mol.